The van der Waals surface area contributed by atoms with Crippen LogP contribution in [-0.4, -0.2) is 45.2 Å². The number of amides is 3. The first-order valence-electron chi connectivity index (χ1n) is 9.61. The van der Waals surface area contributed by atoms with E-state index in [1.54, 1.807) is 26.2 Å². The highest BCUT2D eigenvalue weighted by Gasteiger charge is 2.23. The van der Waals surface area contributed by atoms with Crippen LogP contribution in [0.25, 0.3) is 11.4 Å². The summed E-state index contributed by atoms with van der Waals surface area (Å²) >= 11 is 1.14. The number of carbonyl (C=O) groups is 2. The van der Waals surface area contributed by atoms with Crippen LogP contribution in [0.4, 0.5) is 4.79 Å². The number of imide groups is 1. The second kappa shape index (κ2) is 9.64. The highest BCUT2D eigenvalue weighted by atomic mass is 32.2. The smallest absolute Gasteiger partial charge is 0.321 e. The summed E-state index contributed by atoms with van der Waals surface area (Å²) in [6.45, 7) is 1.69. The average molecular weight is 419 g/mol. The van der Waals surface area contributed by atoms with Gasteiger partial charge in [-0.15, -0.1) is 10.2 Å². The molecular weight excluding hydrogens is 392 g/mol. The van der Waals surface area contributed by atoms with Crippen LogP contribution in [0.2, 0.25) is 0 Å². The van der Waals surface area contributed by atoms with E-state index in [0.29, 0.717) is 11.0 Å². The third-order valence-electron chi connectivity index (χ3n) is 4.84. The molecule has 10 heteroatoms. The first kappa shape index (κ1) is 21.0. The van der Waals surface area contributed by atoms with E-state index in [2.05, 4.69) is 20.8 Å². The summed E-state index contributed by atoms with van der Waals surface area (Å²) in [6, 6.07) is 6.94. The summed E-state index contributed by atoms with van der Waals surface area (Å²) in [4.78, 5) is 24.4. The van der Waals surface area contributed by atoms with Crippen LogP contribution in [0.1, 0.15) is 39.0 Å². The van der Waals surface area contributed by atoms with Gasteiger partial charge in [0.05, 0.1) is 12.4 Å². The van der Waals surface area contributed by atoms with E-state index < -0.39 is 17.2 Å². The molecule has 0 saturated heterocycles. The molecule has 4 N–H and O–H groups in total. The van der Waals surface area contributed by atoms with Gasteiger partial charge in [-0.2, -0.15) is 0 Å². The highest BCUT2D eigenvalue weighted by molar-refractivity contribution is 8.00. The van der Waals surface area contributed by atoms with Crippen LogP contribution < -0.4 is 21.2 Å². The standard InChI is InChI=1S/C19H26N6O3S/c1-12(17(26)22-18(27)21-14-6-4-3-5-7-14)29-19-24-23-16(25(19)20)13-8-10-15(28-2)11-9-13/h8-12,14H,3-7,20H2,1-2H3,(H2,21,22,26,27)/t12-/m1/s1. The molecular formula is C19H26N6O3S. The van der Waals surface area contributed by atoms with Gasteiger partial charge in [0.1, 0.15) is 5.75 Å². The zero-order valence-corrected chi connectivity index (χ0v) is 17.4. The van der Waals surface area contributed by atoms with Gasteiger partial charge in [-0.1, -0.05) is 31.0 Å². The fourth-order valence-electron chi connectivity index (χ4n) is 3.19. The monoisotopic (exact) mass is 418 g/mol. The summed E-state index contributed by atoms with van der Waals surface area (Å²) in [5, 5.41) is 13.3. The number of hydrogen-bond acceptors (Lipinski definition) is 7. The molecule has 3 rings (SSSR count). The molecule has 1 atom stereocenters. The van der Waals surface area contributed by atoms with E-state index in [4.69, 9.17) is 10.6 Å². The maximum atomic E-state index is 12.4. The van der Waals surface area contributed by atoms with E-state index in [-0.39, 0.29) is 6.04 Å². The molecule has 9 nitrogen and oxygen atoms in total. The maximum absolute atomic E-state index is 12.4. The quantitative estimate of drug-likeness (QED) is 0.486. The molecule has 1 aromatic carbocycles. The van der Waals surface area contributed by atoms with E-state index in [1.165, 1.54) is 11.1 Å². The number of carbonyl (C=O) groups excluding carboxylic acids is 2. The predicted octanol–water partition coefficient (Wildman–Crippen LogP) is 2.31. The first-order chi connectivity index (χ1) is 14.0. The number of benzene rings is 1. The molecule has 1 aromatic heterocycles. The summed E-state index contributed by atoms with van der Waals surface area (Å²) in [5.74, 6) is 6.90. The molecule has 29 heavy (non-hydrogen) atoms. The van der Waals surface area contributed by atoms with Gasteiger partial charge in [0.25, 0.3) is 0 Å². The molecule has 1 aliphatic carbocycles. The third kappa shape index (κ3) is 5.41. The summed E-state index contributed by atoms with van der Waals surface area (Å²) in [6.07, 6.45) is 5.32. The Balaban J connectivity index is 1.56. The van der Waals surface area contributed by atoms with Crippen LogP contribution in [-0.2, 0) is 4.79 Å². The highest BCUT2D eigenvalue weighted by Crippen LogP contribution is 2.26. The van der Waals surface area contributed by atoms with Crippen molar-refractivity contribution < 1.29 is 14.3 Å². The largest absolute Gasteiger partial charge is 0.497 e. The van der Waals surface area contributed by atoms with Crippen molar-refractivity contribution >= 4 is 23.7 Å². The molecule has 2 aromatic rings. The van der Waals surface area contributed by atoms with E-state index in [0.717, 1.165) is 48.8 Å². The van der Waals surface area contributed by atoms with Gasteiger partial charge in [0, 0.05) is 11.6 Å². The van der Waals surface area contributed by atoms with Crippen molar-refractivity contribution in [3.05, 3.63) is 24.3 Å². The van der Waals surface area contributed by atoms with Gasteiger partial charge in [0.15, 0.2) is 5.82 Å². The van der Waals surface area contributed by atoms with Gasteiger partial charge in [0.2, 0.25) is 11.1 Å². The Labute approximate surface area is 173 Å². The lowest BCUT2D eigenvalue weighted by Crippen LogP contribution is -2.47. The topological polar surface area (TPSA) is 124 Å². The Kier molecular flexibility index (Phi) is 6.97. The summed E-state index contributed by atoms with van der Waals surface area (Å²) in [7, 11) is 1.59. The van der Waals surface area contributed by atoms with E-state index >= 15 is 0 Å². The van der Waals surface area contributed by atoms with Crippen molar-refractivity contribution in [3.8, 4) is 17.1 Å². The lowest BCUT2D eigenvalue weighted by atomic mass is 9.96. The molecule has 1 heterocycles. The van der Waals surface area contributed by atoms with Crippen LogP contribution >= 0.6 is 11.8 Å². The average Bonchev–Trinajstić information content (AvgIpc) is 3.08. The Morgan fingerprint density at radius 1 is 1.21 bits per heavy atom. The number of methoxy groups -OCH3 is 1. The lowest BCUT2D eigenvalue weighted by Gasteiger charge is -2.22. The molecule has 0 radical (unpaired) electrons. The Morgan fingerprint density at radius 2 is 1.90 bits per heavy atom. The minimum Gasteiger partial charge on any atom is -0.497 e. The SMILES string of the molecule is COc1ccc(-c2nnc(S[C@H](C)C(=O)NC(=O)NC3CCCCC3)n2N)cc1. The molecule has 0 unspecified atom stereocenters. The number of nitrogen functional groups attached to an aromatic ring is 1. The van der Waals surface area contributed by atoms with E-state index in [9.17, 15) is 9.59 Å². The van der Waals surface area contributed by atoms with Gasteiger partial charge in [-0.25, -0.2) is 9.47 Å². The number of ether oxygens (including phenoxy) is 1. The van der Waals surface area contributed by atoms with Crippen molar-refractivity contribution in [2.24, 2.45) is 0 Å². The van der Waals surface area contributed by atoms with Crippen LogP contribution in [0.5, 0.6) is 5.75 Å². The van der Waals surface area contributed by atoms with Crippen molar-refractivity contribution in [1.29, 1.82) is 0 Å². The van der Waals surface area contributed by atoms with Crippen molar-refractivity contribution in [2.75, 3.05) is 13.0 Å². The van der Waals surface area contributed by atoms with Gasteiger partial charge in [-0.05, 0) is 44.0 Å². The minimum atomic E-state index is -0.567. The molecule has 1 saturated carbocycles. The Hall–Kier alpha value is -2.75. The number of nitrogens with two attached hydrogens (primary N) is 1. The molecule has 0 aliphatic heterocycles. The van der Waals surface area contributed by atoms with Crippen molar-refractivity contribution in [2.45, 2.75) is 55.5 Å². The summed E-state index contributed by atoms with van der Waals surface area (Å²) < 4.78 is 6.48. The van der Waals surface area contributed by atoms with Crippen molar-refractivity contribution in [1.82, 2.24) is 25.5 Å². The van der Waals surface area contributed by atoms with E-state index in [1.807, 2.05) is 12.1 Å². The van der Waals surface area contributed by atoms with Gasteiger partial charge < -0.3 is 15.9 Å². The third-order valence-corrected chi connectivity index (χ3v) is 5.90. The van der Waals surface area contributed by atoms with Gasteiger partial charge >= 0.3 is 6.03 Å². The number of thioether (sulfide) groups is 1. The molecule has 1 aliphatic rings. The van der Waals surface area contributed by atoms with Crippen LogP contribution in [0.15, 0.2) is 29.4 Å². The summed E-state index contributed by atoms with van der Waals surface area (Å²) in [5.41, 5.74) is 0.775. The number of aromatic nitrogens is 3. The number of urea groups is 1. The van der Waals surface area contributed by atoms with Crippen LogP contribution in [0.3, 0.4) is 0 Å². The number of rotatable bonds is 6. The number of nitrogens with zero attached hydrogens (tertiary/aromatic N) is 3. The zero-order chi connectivity index (χ0) is 20.8. The maximum Gasteiger partial charge on any atom is 0.321 e. The van der Waals surface area contributed by atoms with Gasteiger partial charge in [-0.3, -0.25) is 10.1 Å². The predicted molar refractivity (Wildman–Crippen MR) is 111 cm³/mol. The normalized spacial score (nSPS) is 15.5. The molecule has 0 spiro atoms. The second-order valence-electron chi connectivity index (χ2n) is 6.96. The molecule has 1 fully saturated rings. The van der Waals surface area contributed by atoms with Crippen molar-refractivity contribution in [3.63, 3.8) is 0 Å². The molecule has 3 amide bonds. The fraction of sp³-hybridized carbons (Fsp3) is 0.474. The van der Waals surface area contributed by atoms with Crippen LogP contribution in [0, 0.1) is 0 Å². The second-order valence-corrected chi connectivity index (χ2v) is 8.27. The number of hydrogen-bond donors (Lipinski definition) is 3. The molecule has 0 bridgehead atoms. The lowest BCUT2D eigenvalue weighted by molar-refractivity contribution is -0.119. The molecule has 156 valence electrons. The fourth-order valence-corrected chi connectivity index (χ4v) is 3.96. The first-order valence-corrected chi connectivity index (χ1v) is 10.5. The number of nitrogens with one attached hydrogen (secondary N) is 2. The zero-order valence-electron chi connectivity index (χ0n) is 16.6. The minimum absolute atomic E-state index is 0.138. The Morgan fingerprint density at radius 3 is 2.55 bits per heavy atom. The Bertz CT molecular complexity index is 848.